The standard InChI is InChI=1S/C18H30N2O/c1-17(2,3)14-8-9-16-15(12-14)20(11-7-6-10-19)13-18(4,5)21-16/h8-9,12H,6-7,10-11,13,19H2,1-5H3. The lowest BCUT2D eigenvalue weighted by Crippen LogP contribution is -2.47. The van der Waals surface area contributed by atoms with Gasteiger partial charge in [0, 0.05) is 6.54 Å². The average molecular weight is 290 g/mol. The average Bonchev–Trinajstić information content (AvgIpc) is 2.36. The number of hydrogen-bond donors (Lipinski definition) is 1. The predicted molar refractivity (Wildman–Crippen MR) is 90.4 cm³/mol. The summed E-state index contributed by atoms with van der Waals surface area (Å²) in [5.41, 5.74) is 8.24. The molecule has 0 aliphatic carbocycles. The number of fused-ring (bicyclic) bond motifs is 1. The Hall–Kier alpha value is -1.22. The van der Waals surface area contributed by atoms with Crippen molar-refractivity contribution >= 4 is 5.69 Å². The molecule has 0 amide bonds. The Kier molecular flexibility index (Phi) is 4.52. The molecule has 2 rings (SSSR count). The maximum Gasteiger partial charge on any atom is 0.143 e. The molecule has 0 saturated heterocycles. The highest BCUT2D eigenvalue weighted by Crippen LogP contribution is 2.39. The van der Waals surface area contributed by atoms with Crippen LogP contribution in [0.15, 0.2) is 18.2 Å². The van der Waals surface area contributed by atoms with E-state index in [0.717, 1.165) is 38.2 Å². The lowest BCUT2D eigenvalue weighted by atomic mass is 9.86. The predicted octanol–water partition coefficient (Wildman–Crippen LogP) is 3.70. The lowest BCUT2D eigenvalue weighted by Gasteiger charge is -2.41. The molecule has 0 bridgehead atoms. The quantitative estimate of drug-likeness (QED) is 0.859. The van der Waals surface area contributed by atoms with Crippen LogP contribution in [-0.2, 0) is 5.41 Å². The molecule has 2 N–H and O–H groups in total. The first-order chi connectivity index (χ1) is 9.73. The number of nitrogens with two attached hydrogens (primary N) is 1. The van der Waals surface area contributed by atoms with Gasteiger partial charge in [0.15, 0.2) is 0 Å². The maximum atomic E-state index is 6.16. The summed E-state index contributed by atoms with van der Waals surface area (Å²) in [4.78, 5) is 2.46. The molecule has 118 valence electrons. The molecule has 1 aromatic rings. The van der Waals surface area contributed by atoms with Gasteiger partial charge in [-0.1, -0.05) is 26.8 Å². The molecule has 3 nitrogen and oxygen atoms in total. The summed E-state index contributed by atoms with van der Waals surface area (Å²) in [6, 6.07) is 6.62. The van der Waals surface area contributed by atoms with Crippen molar-refractivity contribution in [2.45, 2.75) is 58.5 Å². The second-order valence-electron chi connectivity index (χ2n) is 7.71. The van der Waals surface area contributed by atoms with Crippen LogP contribution >= 0.6 is 0 Å². The smallest absolute Gasteiger partial charge is 0.143 e. The maximum absolute atomic E-state index is 6.16. The Balaban J connectivity index is 2.31. The summed E-state index contributed by atoms with van der Waals surface area (Å²) in [7, 11) is 0. The topological polar surface area (TPSA) is 38.5 Å². The summed E-state index contributed by atoms with van der Waals surface area (Å²) in [6.07, 6.45) is 2.21. The van der Waals surface area contributed by atoms with Crippen molar-refractivity contribution in [1.82, 2.24) is 0 Å². The first-order valence-corrected chi connectivity index (χ1v) is 8.01. The van der Waals surface area contributed by atoms with E-state index in [-0.39, 0.29) is 11.0 Å². The Bertz CT molecular complexity index is 488. The zero-order valence-corrected chi connectivity index (χ0v) is 14.2. The van der Waals surface area contributed by atoms with Gasteiger partial charge in [-0.15, -0.1) is 0 Å². The van der Waals surface area contributed by atoms with Crippen molar-refractivity contribution in [3.63, 3.8) is 0 Å². The van der Waals surface area contributed by atoms with E-state index in [1.165, 1.54) is 11.3 Å². The van der Waals surface area contributed by atoms with E-state index in [1.807, 2.05) is 0 Å². The molecule has 0 saturated carbocycles. The van der Waals surface area contributed by atoms with Crippen LogP contribution in [0.3, 0.4) is 0 Å². The number of nitrogens with zero attached hydrogens (tertiary/aromatic N) is 1. The van der Waals surface area contributed by atoms with Gasteiger partial charge in [0.05, 0.1) is 12.2 Å². The highest BCUT2D eigenvalue weighted by atomic mass is 16.5. The second kappa shape index (κ2) is 5.88. The highest BCUT2D eigenvalue weighted by Gasteiger charge is 2.32. The van der Waals surface area contributed by atoms with Crippen LogP contribution in [0.1, 0.15) is 53.0 Å². The Morgan fingerprint density at radius 2 is 1.95 bits per heavy atom. The van der Waals surface area contributed by atoms with Crippen LogP contribution < -0.4 is 15.4 Å². The molecule has 0 spiro atoms. The minimum Gasteiger partial charge on any atom is -0.484 e. The van der Waals surface area contributed by atoms with Crippen molar-refractivity contribution in [3.05, 3.63) is 23.8 Å². The van der Waals surface area contributed by atoms with Crippen molar-refractivity contribution in [3.8, 4) is 5.75 Å². The van der Waals surface area contributed by atoms with Crippen LogP contribution in [0.5, 0.6) is 5.75 Å². The number of ether oxygens (including phenoxy) is 1. The number of unbranched alkanes of at least 4 members (excludes halogenated alkanes) is 1. The summed E-state index contributed by atoms with van der Waals surface area (Å²) in [5.74, 6) is 1.01. The molecule has 0 unspecified atom stereocenters. The van der Waals surface area contributed by atoms with Crippen molar-refractivity contribution < 1.29 is 4.74 Å². The SMILES string of the molecule is CC1(C)CN(CCCCN)c2cc(C(C)(C)C)ccc2O1. The van der Waals surface area contributed by atoms with Gasteiger partial charge in [-0.05, 0) is 56.3 Å². The summed E-state index contributed by atoms with van der Waals surface area (Å²) in [5, 5.41) is 0. The Labute approximate surface area is 129 Å². The van der Waals surface area contributed by atoms with E-state index >= 15 is 0 Å². The van der Waals surface area contributed by atoms with E-state index in [9.17, 15) is 0 Å². The monoisotopic (exact) mass is 290 g/mol. The molecular weight excluding hydrogens is 260 g/mol. The van der Waals surface area contributed by atoms with E-state index in [2.05, 4.69) is 57.7 Å². The third kappa shape index (κ3) is 3.91. The van der Waals surface area contributed by atoms with Crippen LogP contribution in [-0.4, -0.2) is 25.2 Å². The summed E-state index contributed by atoms with van der Waals surface area (Å²) < 4.78 is 6.16. The van der Waals surface area contributed by atoms with Crippen LogP contribution in [0.2, 0.25) is 0 Å². The van der Waals surface area contributed by atoms with Crippen molar-refractivity contribution in [2.75, 3.05) is 24.5 Å². The van der Waals surface area contributed by atoms with Gasteiger partial charge in [-0.25, -0.2) is 0 Å². The zero-order chi connectivity index (χ0) is 15.7. The largest absolute Gasteiger partial charge is 0.484 e. The molecule has 21 heavy (non-hydrogen) atoms. The molecule has 0 aromatic heterocycles. The van der Waals surface area contributed by atoms with E-state index in [4.69, 9.17) is 10.5 Å². The third-order valence-electron chi connectivity index (χ3n) is 4.01. The number of anilines is 1. The van der Waals surface area contributed by atoms with Crippen LogP contribution in [0.25, 0.3) is 0 Å². The van der Waals surface area contributed by atoms with Crippen molar-refractivity contribution in [2.24, 2.45) is 5.73 Å². The van der Waals surface area contributed by atoms with E-state index in [1.54, 1.807) is 0 Å². The molecular formula is C18H30N2O. The minimum absolute atomic E-state index is 0.140. The normalized spacial score (nSPS) is 17.3. The summed E-state index contributed by atoms with van der Waals surface area (Å²) >= 11 is 0. The van der Waals surface area contributed by atoms with Gasteiger partial charge in [0.2, 0.25) is 0 Å². The fraction of sp³-hybridized carbons (Fsp3) is 0.667. The molecule has 1 aliphatic heterocycles. The van der Waals surface area contributed by atoms with E-state index < -0.39 is 0 Å². The van der Waals surface area contributed by atoms with Crippen LogP contribution in [0.4, 0.5) is 5.69 Å². The molecule has 3 heteroatoms. The highest BCUT2D eigenvalue weighted by molar-refractivity contribution is 5.63. The van der Waals surface area contributed by atoms with Gasteiger partial charge in [0.25, 0.3) is 0 Å². The Morgan fingerprint density at radius 3 is 2.57 bits per heavy atom. The molecule has 0 fully saturated rings. The van der Waals surface area contributed by atoms with Gasteiger partial charge >= 0.3 is 0 Å². The second-order valence-corrected chi connectivity index (χ2v) is 7.71. The number of benzene rings is 1. The van der Waals surface area contributed by atoms with Crippen LogP contribution in [0, 0.1) is 0 Å². The summed E-state index contributed by atoms with van der Waals surface area (Å²) in [6.45, 7) is 13.8. The molecule has 1 heterocycles. The van der Waals surface area contributed by atoms with Crippen molar-refractivity contribution in [1.29, 1.82) is 0 Å². The fourth-order valence-corrected chi connectivity index (χ4v) is 2.84. The first-order valence-electron chi connectivity index (χ1n) is 8.01. The lowest BCUT2D eigenvalue weighted by molar-refractivity contribution is 0.105. The Morgan fingerprint density at radius 1 is 1.24 bits per heavy atom. The fourth-order valence-electron chi connectivity index (χ4n) is 2.84. The van der Waals surface area contributed by atoms with E-state index in [0.29, 0.717) is 0 Å². The first kappa shape index (κ1) is 16.2. The van der Waals surface area contributed by atoms with Gasteiger partial charge in [-0.2, -0.15) is 0 Å². The zero-order valence-electron chi connectivity index (χ0n) is 14.2. The molecule has 1 aromatic carbocycles. The van der Waals surface area contributed by atoms with Gasteiger partial charge in [0.1, 0.15) is 11.4 Å². The van der Waals surface area contributed by atoms with Gasteiger partial charge in [-0.3, -0.25) is 0 Å². The third-order valence-corrected chi connectivity index (χ3v) is 4.01. The molecule has 0 radical (unpaired) electrons. The number of rotatable bonds is 4. The van der Waals surface area contributed by atoms with Gasteiger partial charge < -0.3 is 15.4 Å². The molecule has 0 atom stereocenters. The molecule has 1 aliphatic rings. The number of hydrogen-bond acceptors (Lipinski definition) is 3. The minimum atomic E-state index is -0.140.